The molecule has 0 bridgehead atoms. The van der Waals surface area contributed by atoms with Crippen molar-refractivity contribution in [2.24, 2.45) is 0 Å². The molecule has 3 aromatic rings. The third-order valence-corrected chi connectivity index (χ3v) is 4.64. The van der Waals surface area contributed by atoms with E-state index in [1.54, 1.807) is 29.4 Å². The minimum Gasteiger partial charge on any atom is -0.464 e. The van der Waals surface area contributed by atoms with E-state index in [4.69, 9.17) is 4.42 Å². The highest BCUT2D eigenvalue weighted by molar-refractivity contribution is 5.88. The molecule has 0 spiro atoms. The Kier molecular flexibility index (Phi) is 5.91. The molecule has 0 saturated carbocycles. The summed E-state index contributed by atoms with van der Waals surface area (Å²) in [6.45, 7) is 3.51. The molecule has 0 aliphatic carbocycles. The minimum absolute atomic E-state index is 0.0385. The van der Waals surface area contributed by atoms with Gasteiger partial charge in [0.15, 0.2) is 0 Å². The molecule has 0 unspecified atom stereocenters. The number of nitrogens with zero attached hydrogens (tertiary/aromatic N) is 2. The lowest BCUT2D eigenvalue weighted by Crippen LogP contribution is -2.37. The van der Waals surface area contributed by atoms with E-state index < -0.39 is 0 Å². The molecule has 0 N–H and O–H groups in total. The molecule has 0 aliphatic heterocycles. The molecular formula is C22H25FN2O2. The number of hydrogen-bond acceptors (Lipinski definition) is 3. The Morgan fingerprint density at radius 2 is 1.85 bits per heavy atom. The van der Waals surface area contributed by atoms with E-state index in [9.17, 15) is 9.18 Å². The molecular weight excluding hydrogens is 343 g/mol. The van der Waals surface area contributed by atoms with Crippen molar-refractivity contribution >= 4 is 16.9 Å². The van der Waals surface area contributed by atoms with Crippen LogP contribution in [0.5, 0.6) is 0 Å². The van der Waals surface area contributed by atoms with Crippen LogP contribution in [0, 0.1) is 12.7 Å². The van der Waals surface area contributed by atoms with Gasteiger partial charge in [0, 0.05) is 36.1 Å². The van der Waals surface area contributed by atoms with Crippen LogP contribution in [0.25, 0.3) is 11.0 Å². The van der Waals surface area contributed by atoms with Crippen LogP contribution in [0.15, 0.2) is 53.1 Å². The summed E-state index contributed by atoms with van der Waals surface area (Å²) in [6, 6.07) is 12.6. The summed E-state index contributed by atoms with van der Waals surface area (Å²) in [5.74, 6) is -0.326. The van der Waals surface area contributed by atoms with Gasteiger partial charge in [-0.15, -0.1) is 0 Å². The lowest BCUT2D eigenvalue weighted by atomic mass is 10.1. The first-order valence-electron chi connectivity index (χ1n) is 9.06. The zero-order chi connectivity index (χ0) is 19.4. The van der Waals surface area contributed by atoms with Gasteiger partial charge in [-0.2, -0.15) is 0 Å². The Bertz CT molecular complexity index is 933. The average molecular weight is 368 g/mol. The van der Waals surface area contributed by atoms with Crippen LogP contribution in [0.4, 0.5) is 4.39 Å². The van der Waals surface area contributed by atoms with Gasteiger partial charge in [-0.25, -0.2) is 4.39 Å². The molecule has 1 amide bonds. The van der Waals surface area contributed by atoms with E-state index in [1.807, 2.05) is 44.1 Å². The number of halogens is 1. The molecule has 0 fully saturated rings. The van der Waals surface area contributed by atoms with Crippen LogP contribution in [0.1, 0.15) is 16.7 Å². The summed E-state index contributed by atoms with van der Waals surface area (Å²) in [4.78, 5) is 16.7. The third kappa shape index (κ3) is 4.74. The normalized spacial score (nSPS) is 11.3. The van der Waals surface area contributed by atoms with Crippen LogP contribution < -0.4 is 0 Å². The predicted octanol–water partition coefficient (Wildman–Crippen LogP) is 4.01. The maximum atomic E-state index is 14.1. The molecule has 0 radical (unpaired) electrons. The summed E-state index contributed by atoms with van der Waals surface area (Å²) >= 11 is 0. The highest BCUT2D eigenvalue weighted by atomic mass is 19.1. The zero-order valence-electron chi connectivity index (χ0n) is 16.0. The summed E-state index contributed by atoms with van der Waals surface area (Å²) in [5, 5.41) is 0.951. The van der Waals surface area contributed by atoms with Crippen molar-refractivity contribution in [3.05, 3.63) is 71.2 Å². The van der Waals surface area contributed by atoms with Gasteiger partial charge in [0.05, 0.1) is 12.7 Å². The van der Waals surface area contributed by atoms with Crippen LogP contribution in [0.3, 0.4) is 0 Å². The van der Waals surface area contributed by atoms with Gasteiger partial charge in [-0.05, 0) is 38.7 Å². The molecule has 0 saturated heterocycles. The molecule has 3 rings (SSSR count). The van der Waals surface area contributed by atoms with Gasteiger partial charge in [-0.1, -0.05) is 30.3 Å². The Morgan fingerprint density at radius 1 is 1.07 bits per heavy atom. The number of furan rings is 1. The quantitative estimate of drug-likeness (QED) is 0.632. The largest absolute Gasteiger partial charge is 0.464 e. The van der Waals surface area contributed by atoms with Gasteiger partial charge in [0.1, 0.15) is 11.4 Å². The molecule has 4 nitrogen and oxygen atoms in total. The van der Waals surface area contributed by atoms with E-state index in [1.165, 1.54) is 6.07 Å². The first-order valence-corrected chi connectivity index (χ1v) is 9.06. The van der Waals surface area contributed by atoms with Crippen molar-refractivity contribution in [2.75, 3.05) is 27.2 Å². The van der Waals surface area contributed by atoms with Gasteiger partial charge >= 0.3 is 0 Å². The van der Waals surface area contributed by atoms with Crippen LogP contribution in [-0.4, -0.2) is 42.9 Å². The summed E-state index contributed by atoms with van der Waals surface area (Å²) in [7, 11) is 3.91. The lowest BCUT2D eigenvalue weighted by molar-refractivity contribution is -0.131. The molecule has 142 valence electrons. The Balaban J connectivity index is 1.80. The van der Waals surface area contributed by atoms with Crippen molar-refractivity contribution in [1.82, 2.24) is 9.80 Å². The topological polar surface area (TPSA) is 36.7 Å². The highest BCUT2D eigenvalue weighted by Gasteiger charge is 2.18. The Labute approximate surface area is 159 Å². The fourth-order valence-corrected chi connectivity index (χ4v) is 3.05. The SMILES string of the molecule is Cc1ccc2c(CC(=O)N(CCN(C)C)Cc3ccccc3F)coc2c1. The molecule has 1 aromatic heterocycles. The minimum atomic E-state index is -0.288. The van der Waals surface area contributed by atoms with Crippen molar-refractivity contribution in [3.8, 4) is 0 Å². The second-order valence-electron chi connectivity index (χ2n) is 7.15. The summed E-state index contributed by atoms with van der Waals surface area (Å²) in [6.07, 6.45) is 1.88. The number of carbonyl (C=O) groups is 1. The molecule has 0 aliphatic rings. The number of carbonyl (C=O) groups excluding carboxylic acids is 1. The molecule has 5 heteroatoms. The Hall–Kier alpha value is -2.66. The van der Waals surface area contributed by atoms with Crippen molar-refractivity contribution in [1.29, 1.82) is 0 Å². The summed E-state index contributed by atoms with van der Waals surface area (Å²) < 4.78 is 19.7. The maximum Gasteiger partial charge on any atom is 0.227 e. The molecule has 27 heavy (non-hydrogen) atoms. The average Bonchev–Trinajstić information content (AvgIpc) is 3.01. The van der Waals surface area contributed by atoms with Gasteiger partial charge in [0.2, 0.25) is 5.91 Å². The zero-order valence-corrected chi connectivity index (χ0v) is 16.0. The second-order valence-corrected chi connectivity index (χ2v) is 7.15. The standard InChI is InChI=1S/C22H25FN2O2/c1-16-8-9-19-18(15-27-21(19)12-16)13-22(26)25(11-10-24(2)3)14-17-6-4-5-7-20(17)23/h4-9,12,15H,10-11,13-14H2,1-3H3. The highest BCUT2D eigenvalue weighted by Crippen LogP contribution is 2.23. The van der Waals surface area contributed by atoms with E-state index >= 15 is 0 Å². The summed E-state index contributed by atoms with van der Waals surface area (Å²) in [5.41, 5.74) is 3.28. The lowest BCUT2D eigenvalue weighted by Gasteiger charge is -2.25. The Morgan fingerprint density at radius 3 is 2.59 bits per heavy atom. The van der Waals surface area contributed by atoms with E-state index in [0.29, 0.717) is 18.7 Å². The number of fused-ring (bicyclic) bond motifs is 1. The number of benzene rings is 2. The van der Waals surface area contributed by atoms with Crippen LogP contribution in [0.2, 0.25) is 0 Å². The predicted molar refractivity (Wildman–Crippen MR) is 105 cm³/mol. The van der Waals surface area contributed by atoms with E-state index in [0.717, 1.165) is 22.1 Å². The molecule has 2 aromatic carbocycles. The number of rotatable bonds is 7. The monoisotopic (exact) mass is 368 g/mol. The smallest absolute Gasteiger partial charge is 0.227 e. The first-order chi connectivity index (χ1) is 12.9. The van der Waals surface area contributed by atoms with E-state index in [2.05, 4.69) is 0 Å². The molecule has 1 heterocycles. The second kappa shape index (κ2) is 8.35. The van der Waals surface area contributed by atoms with Crippen molar-refractivity contribution in [3.63, 3.8) is 0 Å². The number of amides is 1. The van der Waals surface area contributed by atoms with Crippen molar-refractivity contribution in [2.45, 2.75) is 19.9 Å². The van der Waals surface area contributed by atoms with Crippen LogP contribution >= 0.6 is 0 Å². The van der Waals surface area contributed by atoms with E-state index in [-0.39, 0.29) is 24.7 Å². The molecule has 0 atom stereocenters. The third-order valence-electron chi connectivity index (χ3n) is 4.64. The van der Waals surface area contributed by atoms with Crippen LogP contribution in [-0.2, 0) is 17.8 Å². The fraction of sp³-hybridized carbons (Fsp3) is 0.318. The fourth-order valence-electron chi connectivity index (χ4n) is 3.05. The van der Waals surface area contributed by atoms with Gasteiger partial charge < -0.3 is 14.2 Å². The first kappa shape index (κ1) is 19.1. The van der Waals surface area contributed by atoms with Gasteiger partial charge in [-0.3, -0.25) is 4.79 Å². The van der Waals surface area contributed by atoms with Crippen molar-refractivity contribution < 1.29 is 13.6 Å². The number of aryl methyl sites for hydroxylation is 1. The maximum absolute atomic E-state index is 14.1. The van der Waals surface area contributed by atoms with Gasteiger partial charge in [0.25, 0.3) is 0 Å². The number of hydrogen-bond donors (Lipinski definition) is 0. The number of likely N-dealkylation sites (N-methyl/N-ethyl adjacent to an activating group) is 1.